The van der Waals surface area contributed by atoms with Crippen LogP contribution in [0.5, 0.6) is 5.75 Å². The number of benzene rings is 1. The molecule has 3 atom stereocenters. The zero-order valence-corrected chi connectivity index (χ0v) is 21.6. The predicted octanol–water partition coefficient (Wildman–Crippen LogP) is 2.52. The van der Waals surface area contributed by atoms with Crippen molar-refractivity contribution in [2.24, 2.45) is 5.92 Å². The lowest BCUT2D eigenvalue weighted by Gasteiger charge is -2.29. The summed E-state index contributed by atoms with van der Waals surface area (Å²) in [6.07, 6.45) is 7.60. The molecule has 0 bridgehead atoms. The van der Waals surface area contributed by atoms with E-state index in [4.69, 9.17) is 4.74 Å². The number of amides is 1. The summed E-state index contributed by atoms with van der Waals surface area (Å²) in [5, 5.41) is 19.7. The van der Waals surface area contributed by atoms with E-state index in [2.05, 4.69) is 27.9 Å². The van der Waals surface area contributed by atoms with Gasteiger partial charge in [0, 0.05) is 56.5 Å². The van der Waals surface area contributed by atoms with Crippen molar-refractivity contribution in [1.82, 2.24) is 19.8 Å². The van der Waals surface area contributed by atoms with E-state index in [1.807, 2.05) is 23.1 Å². The van der Waals surface area contributed by atoms with Crippen LogP contribution in [0.4, 0.5) is 0 Å². The Morgan fingerprint density at radius 2 is 2.05 bits per heavy atom. The molecule has 1 fully saturated rings. The normalized spacial score (nSPS) is 21.0. The van der Waals surface area contributed by atoms with Crippen LogP contribution in [0, 0.1) is 5.92 Å². The maximum absolute atomic E-state index is 13.4. The number of aromatic nitrogens is 2. The molecule has 4 rings (SSSR count). The molecule has 2 aromatic rings. The number of aliphatic hydroxyl groups excluding tert-OH is 1. The molecule has 200 valence electrons. The number of ether oxygens (including phenoxy) is 1. The van der Waals surface area contributed by atoms with Crippen LogP contribution in [-0.2, 0) is 22.4 Å². The van der Waals surface area contributed by atoms with Crippen LogP contribution in [0.25, 0.3) is 0 Å². The summed E-state index contributed by atoms with van der Waals surface area (Å²) in [5.41, 5.74) is 2.96. The second-order valence-electron chi connectivity index (χ2n) is 9.98. The minimum atomic E-state index is -0.840. The van der Waals surface area contributed by atoms with E-state index < -0.39 is 11.9 Å². The van der Waals surface area contributed by atoms with Crippen molar-refractivity contribution < 1.29 is 24.5 Å². The van der Waals surface area contributed by atoms with Crippen molar-refractivity contribution in [1.29, 1.82) is 0 Å². The Kier molecular flexibility index (Phi) is 9.46. The molecule has 0 radical (unpaired) electrons. The van der Waals surface area contributed by atoms with Crippen molar-refractivity contribution >= 4 is 11.9 Å². The molecule has 9 nitrogen and oxygen atoms in total. The summed E-state index contributed by atoms with van der Waals surface area (Å²) in [6, 6.07) is 7.55. The summed E-state index contributed by atoms with van der Waals surface area (Å²) in [7, 11) is 0. The zero-order valence-electron chi connectivity index (χ0n) is 21.6. The molecule has 2 aliphatic heterocycles. The number of carbonyl (C=O) groups is 2. The van der Waals surface area contributed by atoms with Gasteiger partial charge in [-0.05, 0) is 48.9 Å². The number of hydrogen-bond donors (Lipinski definition) is 2. The third kappa shape index (κ3) is 6.64. The van der Waals surface area contributed by atoms with Gasteiger partial charge in [-0.15, -0.1) is 0 Å². The molecule has 1 amide bonds. The number of hydrogen-bond acceptors (Lipinski definition) is 7. The highest BCUT2D eigenvalue weighted by atomic mass is 16.5. The average molecular weight is 511 g/mol. The summed E-state index contributed by atoms with van der Waals surface area (Å²) in [4.78, 5) is 38.3. The Hall–Kier alpha value is -3.04. The zero-order chi connectivity index (χ0) is 26.2. The van der Waals surface area contributed by atoms with E-state index >= 15 is 0 Å². The van der Waals surface area contributed by atoms with Gasteiger partial charge < -0.3 is 19.8 Å². The number of carboxylic acids is 1. The van der Waals surface area contributed by atoms with E-state index in [1.54, 1.807) is 6.20 Å². The minimum absolute atomic E-state index is 0.0129. The highest BCUT2D eigenvalue weighted by molar-refractivity contribution is 5.79. The van der Waals surface area contributed by atoms with Crippen LogP contribution in [0.3, 0.4) is 0 Å². The molecule has 0 spiro atoms. The second kappa shape index (κ2) is 13.0. The van der Waals surface area contributed by atoms with Crippen LogP contribution >= 0.6 is 0 Å². The van der Waals surface area contributed by atoms with E-state index in [-0.39, 0.29) is 31.0 Å². The smallest absolute Gasteiger partial charge is 0.308 e. The topological polar surface area (TPSA) is 116 Å². The van der Waals surface area contributed by atoms with E-state index in [0.29, 0.717) is 45.5 Å². The number of aliphatic hydroxyl groups is 1. The van der Waals surface area contributed by atoms with Crippen LogP contribution in [0.2, 0.25) is 0 Å². The summed E-state index contributed by atoms with van der Waals surface area (Å²) in [6.45, 7) is 4.58. The van der Waals surface area contributed by atoms with Gasteiger partial charge in [-0.3, -0.25) is 14.5 Å². The Morgan fingerprint density at radius 1 is 1.22 bits per heavy atom. The first-order valence-electron chi connectivity index (χ1n) is 13.4. The number of rotatable bonds is 13. The van der Waals surface area contributed by atoms with E-state index in [9.17, 15) is 19.8 Å². The monoisotopic (exact) mass is 510 g/mol. The molecule has 3 heterocycles. The minimum Gasteiger partial charge on any atom is -0.493 e. The molecule has 37 heavy (non-hydrogen) atoms. The van der Waals surface area contributed by atoms with Gasteiger partial charge in [-0.1, -0.05) is 25.5 Å². The standard InChI is InChI=1S/C28H38N4O5/c1-2-3-12-31(13-4-14-33)26(34)18-32-17-23(20-5-8-25-21(16-20)10-15-37-25)27(28(35)36)24(32)7-6-22-9-11-29-19-30-22/h5,8-9,11,16,19,23-24,27,33H,2-4,6-7,10,12-15,17-18H2,1H3,(H,35,36)/t23-,24+,27?/m1/s1. The first-order valence-corrected chi connectivity index (χ1v) is 13.4. The van der Waals surface area contributed by atoms with Crippen LogP contribution < -0.4 is 4.74 Å². The van der Waals surface area contributed by atoms with Crippen molar-refractivity contribution in [3.05, 3.63) is 53.6 Å². The number of aliphatic carboxylic acids is 1. The molecule has 2 N–H and O–H groups in total. The van der Waals surface area contributed by atoms with Gasteiger partial charge >= 0.3 is 5.97 Å². The Bertz CT molecular complexity index is 1040. The molecule has 1 aromatic carbocycles. The third-order valence-corrected chi connectivity index (χ3v) is 7.57. The summed E-state index contributed by atoms with van der Waals surface area (Å²) in [5.74, 6) is -0.852. The van der Waals surface area contributed by atoms with Gasteiger partial charge in [0.15, 0.2) is 0 Å². The number of carbonyl (C=O) groups excluding carboxylic acids is 1. The lowest BCUT2D eigenvalue weighted by atomic mass is 9.83. The molecule has 2 aliphatic rings. The Morgan fingerprint density at radius 3 is 2.78 bits per heavy atom. The molecule has 0 aliphatic carbocycles. The fraction of sp³-hybridized carbons (Fsp3) is 0.571. The SMILES string of the molecule is CCCCN(CCCO)C(=O)CN1C[C@H](c2ccc3c(c2)CCO3)C(C(=O)O)[C@@H]1CCc1ccncn1. The van der Waals surface area contributed by atoms with Crippen LogP contribution in [-0.4, -0.2) is 87.3 Å². The number of fused-ring (bicyclic) bond motifs is 1. The van der Waals surface area contributed by atoms with E-state index in [0.717, 1.165) is 41.8 Å². The van der Waals surface area contributed by atoms with Gasteiger partial charge in [0.25, 0.3) is 0 Å². The van der Waals surface area contributed by atoms with Crippen molar-refractivity contribution in [2.75, 3.05) is 39.4 Å². The first-order chi connectivity index (χ1) is 18.0. The molecule has 1 saturated heterocycles. The highest BCUT2D eigenvalue weighted by Gasteiger charge is 2.47. The lowest BCUT2D eigenvalue weighted by molar-refractivity contribution is -0.143. The molecule has 1 aromatic heterocycles. The third-order valence-electron chi connectivity index (χ3n) is 7.57. The Labute approximate surface area is 218 Å². The van der Waals surface area contributed by atoms with Gasteiger partial charge in [0.1, 0.15) is 12.1 Å². The van der Waals surface area contributed by atoms with Gasteiger partial charge in [-0.25, -0.2) is 9.97 Å². The predicted molar refractivity (Wildman–Crippen MR) is 138 cm³/mol. The number of aryl methyl sites for hydroxylation is 1. The fourth-order valence-corrected chi connectivity index (χ4v) is 5.63. The highest BCUT2D eigenvalue weighted by Crippen LogP contribution is 2.41. The van der Waals surface area contributed by atoms with Crippen LogP contribution in [0.1, 0.15) is 55.3 Å². The van der Waals surface area contributed by atoms with Crippen molar-refractivity contribution in [3.8, 4) is 5.75 Å². The van der Waals surface area contributed by atoms with Crippen molar-refractivity contribution in [3.63, 3.8) is 0 Å². The van der Waals surface area contributed by atoms with Crippen LogP contribution in [0.15, 0.2) is 36.8 Å². The first kappa shape index (κ1) is 27.0. The van der Waals surface area contributed by atoms with E-state index in [1.165, 1.54) is 6.33 Å². The van der Waals surface area contributed by atoms with Crippen molar-refractivity contribution in [2.45, 2.75) is 57.4 Å². The Balaban J connectivity index is 1.59. The maximum atomic E-state index is 13.4. The average Bonchev–Trinajstić information content (AvgIpc) is 3.52. The van der Waals surface area contributed by atoms with Gasteiger partial charge in [0.2, 0.25) is 5.91 Å². The summed E-state index contributed by atoms with van der Waals surface area (Å²) >= 11 is 0. The number of unbranched alkanes of at least 4 members (excludes halogenated alkanes) is 1. The molecular weight excluding hydrogens is 472 g/mol. The second-order valence-corrected chi connectivity index (χ2v) is 9.98. The molecule has 9 heteroatoms. The molecule has 1 unspecified atom stereocenters. The number of carboxylic acid groups (broad SMARTS) is 1. The van der Waals surface area contributed by atoms with Gasteiger partial charge in [-0.2, -0.15) is 0 Å². The maximum Gasteiger partial charge on any atom is 0.308 e. The summed E-state index contributed by atoms with van der Waals surface area (Å²) < 4.78 is 5.66. The largest absolute Gasteiger partial charge is 0.493 e. The number of nitrogens with zero attached hydrogens (tertiary/aromatic N) is 4. The lowest BCUT2D eigenvalue weighted by Crippen LogP contribution is -2.45. The molecule has 0 saturated carbocycles. The number of likely N-dealkylation sites (tertiary alicyclic amines) is 1. The molecular formula is C28H38N4O5. The quantitative estimate of drug-likeness (QED) is 0.422. The van der Waals surface area contributed by atoms with Gasteiger partial charge in [0.05, 0.1) is 19.1 Å². The fourth-order valence-electron chi connectivity index (χ4n) is 5.63.